The number of nitrogens with two attached hydrogens (primary N) is 1. The van der Waals surface area contributed by atoms with Crippen molar-refractivity contribution < 1.29 is 23.4 Å². The monoisotopic (exact) mass is 477 g/mol. The maximum atomic E-state index is 14.6. The van der Waals surface area contributed by atoms with Crippen molar-refractivity contribution in [2.75, 3.05) is 31.7 Å². The van der Waals surface area contributed by atoms with Crippen LogP contribution < -0.4 is 15.8 Å². The van der Waals surface area contributed by atoms with Crippen LogP contribution in [0.2, 0.25) is 0 Å². The van der Waals surface area contributed by atoms with Crippen LogP contribution >= 0.6 is 0 Å². The first-order valence-corrected chi connectivity index (χ1v) is 11.2. The molecular formula is C25H24FN5O4. The minimum Gasteiger partial charge on any atom is -0.490 e. The maximum Gasteiger partial charge on any atom is 0.232 e. The normalized spacial score (nSPS) is 15.7. The number of anilines is 2. The van der Waals surface area contributed by atoms with E-state index in [2.05, 4.69) is 15.5 Å². The number of hydrogen-bond donors (Lipinski definition) is 2. The largest absolute Gasteiger partial charge is 0.490 e. The molecule has 2 aromatic heterocycles. The Balaban J connectivity index is 1.42. The average Bonchev–Trinajstić information content (AvgIpc) is 3.36. The van der Waals surface area contributed by atoms with Crippen molar-refractivity contribution in [3.05, 3.63) is 72.2 Å². The molecule has 3 heterocycles. The summed E-state index contributed by atoms with van der Waals surface area (Å²) in [5, 5.41) is 11.7. The summed E-state index contributed by atoms with van der Waals surface area (Å²) < 4.78 is 33.6. The number of fused-ring (bicyclic) bond motifs is 1. The molecule has 1 aliphatic rings. The van der Waals surface area contributed by atoms with E-state index in [9.17, 15) is 9.18 Å². The Morgan fingerprint density at radius 1 is 1.17 bits per heavy atom. The fourth-order valence-electron chi connectivity index (χ4n) is 3.93. The van der Waals surface area contributed by atoms with Crippen molar-refractivity contribution in [1.82, 2.24) is 14.6 Å². The minimum absolute atomic E-state index is 0.0328. The van der Waals surface area contributed by atoms with E-state index >= 15 is 0 Å². The van der Waals surface area contributed by atoms with Gasteiger partial charge in [-0.2, -0.15) is 0 Å². The highest BCUT2D eigenvalue weighted by atomic mass is 19.1. The van der Waals surface area contributed by atoms with E-state index in [1.807, 2.05) is 42.6 Å². The van der Waals surface area contributed by atoms with Crippen LogP contribution in [0, 0.1) is 5.82 Å². The van der Waals surface area contributed by atoms with Gasteiger partial charge in [-0.05, 0) is 42.0 Å². The highest BCUT2D eigenvalue weighted by Gasteiger charge is 2.19. The maximum absolute atomic E-state index is 14.6. The molecule has 1 atom stereocenters. The summed E-state index contributed by atoms with van der Waals surface area (Å²) in [5.74, 6) is -0.0654. The third kappa shape index (κ3) is 5.08. The molecule has 5 rings (SSSR count). The molecule has 35 heavy (non-hydrogen) atoms. The lowest BCUT2D eigenvalue weighted by atomic mass is 10.1. The number of ether oxygens (including phenoxy) is 3. The second-order valence-corrected chi connectivity index (χ2v) is 8.09. The summed E-state index contributed by atoms with van der Waals surface area (Å²) in [5.41, 5.74) is 8.05. The van der Waals surface area contributed by atoms with Crippen molar-refractivity contribution in [3.63, 3.8) is 0 Å². The van der Waals surface area contributed by atoms with Gasteiger partial charge in [-0.3, -0.25) is 9.20 Å². The lowest BCUT2D eigenvalue weighted by Crippen LogP contribution is -2.33. The Morgan fingerprint density at radius 2 is 2.06 bits per heavy atom. The van der Waals surface area contributed by atoms with Crippen molar-refractivity contribution in [2.24, 2.45) is 5.73 Å². The molecule has 180 valence electrons. The smallest absolute Gasteiger partial charge is 0.232 e. The lowest BCUT2D eigenvalue weighted by Gasteiger charge is -2.23. The van der Waals surface area contributed by atoms with E-state index in [1.54, 1.807) is 16.5 Å². The molecular weight excluding hydrogens is 453 g/mol. The topological polar surface area (TPSA) is 113 Å². The summed E-state index contributed by atoms with van der Waals surface area (Å²) in [6.07, 6.45) is 1.65. The Hall–Kier alpha value is -4.02. The molecule has 0 radical (unpaired) electrons. The number of carbonyl (C=O) groups excluding carboxylic acids is 1. The molecule has 9 nitrogen and oxygen atoms in total. The van der Waals surface area contributed by atoms with Crippen molar-refractivity contribution >= 4 is 23.1 Å². The number of nitrogens with zero attached hydrogens (tertiary/aromatic N) is 3. The van der Waals surface area contributed by atoms with E-state index in [0.717, 1.165) is 11.1 Å². The first kappa shape index (κ1) is 22.8. The minimum atomic E-state index is -0.525. The number of para-hydroxylation sites is 1. The predicted octanol–water partition coefficient (Wildman–Crippen LogP) is 3.10. The van der Waals surface area contributed by atoms with Crippen LogP contribution in [0.4, 0.5) is 16.0 Å². The molecule has 0 spiro atoms. The molecule has 1 unspecified atom stereocenters. The van der Waals surface area contributed by atoms with Crippen LogP contribution in [0.25, 0.3) is 16.8 Å². The summed E-state index contributed by atoms with van der Waals surface area (Å²) >= 11 is 0. The van der Waals surface area contributed by atoms with Gasteiger partial charge < -0.3 is 25.3 Å². The van der Waals surface area contributed by atoms with Gasteiger partial charge >= 0.3 is 0 Å². The van der Waals surface area contributed by atoms with Crippen LogP contribution in [0.1, 0.15) is 5.56 Å². The van der Waals surface area contributed by atoms with Crippen LogP contribution in [0.3, 0.4) is 0 Å². The van der Waals surface area contributed by atoms with E-state index in [-0.39, 0.29) is 18.2 Å². The number of primary amides is 1. The Kier molecular flexibility index (Phi) is 6.55. The van der Waals surface area contributed by atoms with Gasteiger partial charge in [-0.15, -0.1) is 10.2 Å². The average molecular weight is 477 g/mol. The number of benzene rings is 2. The molecule has 0 aliphatic carbocycles. The molecule has 0 saturated carbocycles. The van der Waals surface area contributed by atoms with Gasteiger partial charge in [-0.1, -0.05) is 18.2 Å². The van der Waals surface area contributed by atoms with Gasteiger partial charge in [-0.25, -0.2) is 4.39 Å². The summed E-state index contributed by atoms with van der Waals surface area (Å²) in [7, 11) is 0. The van der Waals surface area contributed by atoms with Gasteiger partial charge in [0.1, 0.15) is 30.0 Å². The second kappa shape index (κ2) is 10.1. The van der Waals surface area contributed by atoms with E-state index in [1.165, 1.54) is 6.07 Å². The van der Waals surface area contributed by atoms with Crippen molar-refractivity contribution in [3.8, 4) is 17.0 Å². The van der Waals surface area contributed by atoms with E-state index < -0.39 is 11.7 Å². The number of aromatic nitrogens is 3. The summed E-state index contributed by atoms with van der Waals surface area (Å²) in [6.45, 7) is 1.99. The first-order chi connectivity index (χ1) is 17.1. The zero-order valence-corrected chi connectivity index (χ0v) is 18.8. The fourth-order valence-corrected chi connectivity index (χ4v) is 3.93. The summed E-state index contributed by atoms with van der Waals surface area (Å²) in [4.78, 5) is 11.1. The quantitative estimate of drug-likeness (QED) is 0.401. The van der Waals surface area contributed by atoms with Crippen LogP contribution in [0.15, 0.2) is 60.8 Å². The van der Waals surface area contributed by atoms with Crippen LogP contribution in [-0.2, 0) is 20.7 Å². The zero-order chi connectivity index (χ0) is 24.2. The first-order valence-electron chi connectivity index (χ1n) is 11.2. The number of rotatable bonds is 8. The van der Waals surface area contributed by atoms with E-state index in [4.69, 9.17) is 19.9 Å². The molecule has 10 heteroatoms. The number of hydrogen-bond acceptors (Lipinski definition) is 7. The Bertz CT molecular complexity index is 1350. The Morgan fingerprint density at radius 3 is 2.86 bits per heavy atom. The third-order valence-electron chi connectivity index (χ3n) is 5.57. The van der Waals surface area contributed by atoms with Crippen molar-refractivity contribution in [2.45, 2.75) is 12.5 Å². The van der Waals surface area contributed by atoms with Crippen LogP contribution in [0.5, 0.6) is 5.75 Å². The fraction of sp³-hybridized carbons (Fsp3) is 0.240. The molecule has 1 saturated heterocycles. The van der Waals surface area contributed by atoms with Gasteiger partial charge in [0.05, 0.1) is 37.4 Å². The number of carbonyl (C=O) groups is 1. The second-order valence-electron chi connectivity index (χ2n) is 8.09. The third-order valence-corrected chi connectivity index (χ3v) is 5.57. The molecule has 2 aromatic carbocycles. The molecule has 4 aromatic rings. The standard InChI is InChI=1S/C25H24FN5O4/c26-19-12-16(13-23(27)32)7-8-20(19)28-25-30-29-24(21-5-3-9-31(21)25)18-4-1-2-6-22(18)35-15-17-14-33-10-11-34-17/h1-9,12,17H,10-11,13-15H2,(H2,27,32)(H,28,30). The zero-order valence-electron chi connectivity index (χ0n) is 18.8. The molecule has 1 aliphatic heterocycles. The highest BCUT2D eigenvalue weighted by Crippen LogP contribution is 2.33. The Labute approximate surface area is 200 Å². The number of halogens is 1. The summed E-state index contributed by atoms with van der Waals surface area (Å²) in [6, 6.07) is 15.8. The van der Waals surface area contributed by atoms with Gasteiger partial charge in [0.15, 0.2) is 0 Å². The molecule has 1 fully saturated rings. The number of amides is 1. The lowest BCUT2D eigenvalue weighted by molar-refractivity contribution is -0.117. The van der Waals surface area contributed by atoms with Crippen LogP contribution in [-0.4, -0.2) is 53.0 Å². The van der Waals surface area contributed by atoms with Crippen molar-refractivity contribution in [1.29, 1.82) is 0 Å². The van der Waals surface area contributed by atoms with E-state index in [0.29, 0.717) is 49.4 Å². The van der Waals surface area contributed by atoms with Gasteiger partial charge in [0.2, 0.25) is 11.9 Å². The SMILES string of the molecule is NC(=O)Cc1ccc(Nc2nnc(-c3ccccc3OCC3COCCO3)c3cccn23)c(F)c1. The molecule has 1 amide bonds. The number of nitrogens with one attached hydrogen (secondary N) is 1. The van der Waals surface area contributed by atoms with Gasteiger partial charge in [0.25, 0.3) is 0 Å². The van der Waals surface area contributed by atoms with Gasteiger partial charge in [0, 0.05) is 11.8 Å². The molecule has 0 bridgehead atoms. The predicted molar refractivity (Wildman–Crippen MR) is 127 cm³/mol. The molecule has 3 N–H and O–H groups in total. The highest BCUT2D eigenvalue weighted by molar-refractivity contribution is 5.81.